The molecule has 1 N–H and O–H groups in total. The van der Waals surface area contributed by atoms with E-state index in [9.17, 15) is 9.59 Å². The lowest BCUT2D eigenvalue weighted by Crippen LogP contribution is -2.31. The molecule has 0 radical (unpaired) electrons. The molecule has 0 saturated heterocycles. The van der Waals surface area contributed by atoms with Gasteiger partial charge in [-0.05, 0) is 18.1 Å². The van der Waals surface area contributed by atoms with Crippen LogP contribution in [-0.4, -0.2) is 26.8 Å². The van der Waals surface area contributed by atoms with Crippen molar-refractivity contribution in [1.82, 2.24) is 19.7 Å². The number of carbonyl (C=O) groups is 1. The molecule has 0 fully saturated rings. The maximum absolute atomic E-state index is 11.8. The fourth-order valence-corrected chi connectivity index (χ4v) is 2.04. The van der Waals surface area contributed by atoms with E-state index < -0.39 is 0 Å². The molecule has 2 heterocycles. The van der Waals surface area contributed by atoms with Crippen LogP contribution in [0.25, 0.3) is 0 Å². The van der Waals surface area contributed by atoms with Gasteiger partial charge in [0.15, 0.2) is 0 Å². The molecule has 0 aliphatic rings. The Morgan fingerprint density at radius 1 is 1.33 bits per heavy atom. The van der Waals surface area contributed by atoms with Crippen LogP contribution < -0.4 is 10.9 Å². The first-order valence-electron chi connectivity index (χ1n) is 7.05. The third-order valence-electron chi connectivity index (χ3n) is 3.18. The van der Waals surface area contributed by atoms with Crippen molar-refractivity contribution in [3.63, 3.8) is 0 Å². The van der Waals surface area contributed by atoms with Crippen molar-refractivity contribution in [3.05, 3.63) is 53.2 Å². The number of pyridine rings is 1. The zero-order chi connectivity index (χ0) is 15.1. The van der Waals surface area contributed by atoms with Crippen molar-refractivity contribution in [3.8, 4) is 0 Å². The minimum atomic E-state index is -0.0858. The molecule has 0 aromatic carbocycles. The lowest BCUT2D eigenvalue weighted by atomic mass is 10.2. The van der Waals surface area contributed by atoms with Gasteiger partial charge >= 0.3 is 0 Å². The molecule has 0 aliphatic heterocycles. The summed E-state index contributed by atoms with van der Waals surface area (Å²) in [5.41, 5.74) is -0.0858. The highest BCUT2D eigenvalue weighted by Crippen LogP contribution is 1.98. The van der Waals surface area contributed by atoms with Gasteiger partial charge in [0.25, 0.3) is 5.56 Å². The van der Waals surface area contributed by atoms with E-state index in [1.807, 2.05) is 16.9 Å². The Balaban J connectivity index is 1.70. The van der Waals surface area contributed by atoms with Crippen molar-refractivity contribution in [2.45, 2.75) is 26.4 Å². The van der Waals surface area contributed by atoms with Gasteiger partial charge in [0.1, 0.15) is 0 Å². The largest absolute Gasteiger partial charge is 0.356 e. The second kappa shape index (κ2) is 7.42. The molecule has 6 nitrogen and oxygen atoms in total. The number of carbonyl (C=O) groups excluding carboxylic acids is 1. The quantitative estimate of drug-likeness (QED) is 0.822. The molecule has 6 heteroatoms. The zero-order valence-electron chi connectivity index (χ0n) is 12.1. The van der Waals surface area contributed by atoms with E-state index in [2.05, 4.69) is 17.3 Å². The average Bonchev–Trinajstić information content (AvgIpc) is 2.97. The van der Waals surface area contributed by atoms with E-state index >= 15 is 0 Å². The van der Waals surface area contributed by atoms with Crippen molar-refractivity contribution < 1.29 is 4.79 Å². The number of hydrogen-bond acceptors (Lipinski definition) is 3. The van der Waals surface area contributed by atoms with Crippen LogP contribution >= 0.6 is 0 Å². The molecule has 2 aromatic rings. The van der Waals surface area contributed by atoms with Crippen LogP contribution in [-0.2, 0) is 17.9 Å². The van der Waals surface area contributed by atoms with Gasteiger partial charge in [0, 0.05) is 50.7 Å². The number of aryl methyl sites for hydroxylation is 1. The molecule has 1 amide bonds. The number of aromatic nitrogens is 3. The number of amides is 1. The molecule has 1 unspecified atom stereocenters. The lowest BCUT2D eigenvalue weighted by Gasteiger charge is -2.13. The first kappa shape index (κ1) is 15.0. The Morgan fingerprint density at radius 3 is 2.90 bits per heavy atom. The van der Waals surface area contributed by atoms with Gasteiger partial charge in [-0.3, -0.25) is 14.3 Å². The molecule has 112 valence electrons. The molecule has 2 aromatic heterocycles. The van der Waals surface area contributed by atoms with Crippen LogP contribution in [0.2, 0.25) is 0 Å². The number of nitrogens with zero attached hydrogens (tertiary/aromatic N) is 3. The van der Waals surface area contributed by atoms with Gasteiger partial charge in [-0.25, -0.2) is 0 Å². The summed E-state index contributed by atoms with van der Waals surface area (Å²) < 4.78 is 3.38. The second-order valence-electron chi connectivity index (χ2n) is 5.12. The van der Waals surface area contributed by atoms with Gasteiger partial charge < -0.3 is 9.88 Å². The highest BCUT2D eigenvalue weighted by atomic mass is 16.1. The zero-order valence-corrected chi connectivity index (χ0v) is 12.1. The lowest BCUT2D eigenvalue weighted by molar-refractivity contribution is -0.121. The van der Waals surface area contributed by atoms with Gasteiger partial charge in [-0.2, -0.15) is 5.10 Å². The third kappa shape index (κ3) is 4.91. The van der Waals surface area contributed by atoms with Gasteiger partial charge in [0.05, 0.1) is 0 Å². The first-order valence-corrected chi connectivity index (χ1v) is 7.05. The Morgan fingerprint density at radius 2 is 2.19 bits per heavy atom. The van der Waals surface area contributed by atoms with E-state index in [1.165, 1.54) is 10.6 Å². The van der Waals surface area contributed by atoms with Crippen molar-refractivity contribution in [1.29, 1.82) is 0 Å². The molecule has 0 spiro atoms. The molecule has 2 rings (SSSR count). The smallest absolute Gasteiger partial charge is 0.250 e. The topological polar surface area (TPSA) is 68.9 Å². The van der Waals surface area contributed by atoms with Crippen LogP contribution in [0.5, 0.6) is 0 Å². The predicted octanol–water partition coefficient (Wildman–Crippen LogP) is 0.887. The summed E-state index contributed by atoms with van der Waals surface area (Å²) in [5, 5.41) is 7.02. The SMILES string of the molecule is CC(CNC(=O)CCn1ccccc1=O)Cn1cccn1. The monoisotopic (exact) mass is 288 g/mol. The summed E-state index contributed by atoms with van der Waals surface area (Å²) in [4.78, 5) is 23.3. The van der Waals surface area contributed by atoms with E-state index in [0.29, 0.717) is 25.4 Å². The van der Waals surface area contributed by atoms with Crippen LogP contribution in [0.1, 0.15) is 13.3 Å². The molecule has 1 atom stereocenters. The molecule has 0 saturated carbocycles. The molecule has 0 bridgehead atoms. The van der Waals surface area contributed by atoms with Crippen molar-refractivity contribution in [2.24, 2.45) is 5.92 Å². The Bertz CT molecular complexity index is 619. The van der Waals surface area contributed by atoms with Crippen LogP contribution in [0.4, 0.5) is 0 Å². The summed E-state index contributed by atoms with van der Waals surface area (Å²) >= 11 is 0. The van der Waals surface area contributed by atoms with Gasteiger partial charge in [-0.15, -0.1) is 0 Å². The third-order valence-corrected chi connectivity index (χ3v) is 3.18. The Hall–Kier alpha value is -2.37. The summed E-state index contributed by atoms with van der Waals surface area (Å²) in [6, 6.07) is 6.84. The standard InChI is InChI=1S/C15H20N4O2/c1-13(12-19-9-4-7-17-19)11-16-14(20)6-10-18-8-3-2-5-15(18)21/h2-5,7-9,13H,6,10-12H2,1H3,(H,16,20). The average molecular weight is 288 g/mol. The second-order valence-corrected chi connectivity index (χ2v) is 5.12. The summed E-state index contributed by atoms with van der Waals surface area (Å²) in [5.74, 6) is 0.256. The van der Waals surface area contributed by atoms with Crippen molar-refractivity contribution >= 4 is 5.91 Å². The maximum Gasteiger partial charge on any atom is 0.250 e. The Labute approximate surface area is 123 Å². The molecular weight excluding hydrogens is 268 g/mol. The first-order chi connectivity index (χ1) is 10.1. The van der Waals surface area contributed by atoms with Crippen LogP contribution in [0.15, 0.2) is 47.7 Å². The summed E-state index contributed by atoms with van der Waals surface area (Å²) in [6.45, 7) is 3.83. The highest BCUT2D eigenvalue weighted by Gasteiger charge is 2.07. The predicted molar refractivity (Wildman–Crippen MR) is 79.7 cm³/mol. The fraction of sp³-hybridized carbons (Fsp3) is 0.400. The summed E-state index contributed by atoms with van der Waals surface area (Å²) in [7, 11) is 0. The minimum absolute atomic E-state index is 0.0435. The van der Waals surface area contributed by atoms with E-state index in [-0.39, 0.29) is 11.5 Å². The number of hydrogen-bond donors (Lipinski definition) is 1. The maximum atomic E-state index is 11.8. The minimum Gasteiger partial charge on any atom is -0.356 e. The Kier molecular flexibility index (Phi) is 5.31. The molecular formula is C15H20N4O2. The van der Waals surface area contributed by atoms with Gasteiger partial charge in [-0.1, -0.05) is 13.0 Å². The molecule has 21 heavy (non-hydrogen) atoms. The van der Waals surface area contributed by atoms with Crippen LogP contribution in [0, 0.1) is 5.92 Å². The fourth-order valence-electron chi connectivity index (χ4n) is 2.04. The number of nitrogens with one attached hydrogen (secondary N) is 1. The van der Waals surface area contributed by atoms with Gasteiger partial charge in [0.2, 0.25) is 5.91 Å². The molecule has 0 aliphatic carbocycles. The van der Waals surface area contributed by atoms with Crippen LogP contribution in [0.3, 0.4) is 0 Å². The van der Waals surface area contributed by atoms with E-state index in [4.69, 9.17) is 0 Å². The van der Waals surface area contributed by atoms with Crippen molar-refractivity contribution in [2.75, 3.05) is 6.54 Å². The summed E-state index contributed by atoms with van der Waals surface area (Å²) in [6.07, 6.45) is 5.64. The van der Waals surface area contributed by atoms with E-state index in [0.717, 1.165) is 6.54 Å². The van der Waals surface area contributed by atoms with E-state index in [1.54, 1.807) is 24.5 Å². The normalized spacial score (nSPS) is 12.0. The highest BCUT2D eigenvalue weighted by molar-refractivity contribution is 5.75. The number of rotatable bonds is 7.